The Bertz CT molecular complexity index is 888. The third-order valence-corrected chi connectivity index (χ3v) is 4.62. The standard InChI is InChI=1S/C18H20N2O5S/c1-12(2)25-16-8-4-15(5-9-16)18(22)19-20-26(23,24)17-10-6-14(7-11-17)13(3)21/h4-12,20H,1-3H3,(H,19,22). The van der Waals surface area contributed by atoms with E-state index in [1.165, 1.54) is 43.3 Å². The summed E-state index contributed by atoms with van der Waals surface area (Å²) in [5.74, 6) is -0.159. The van der Waals surface area contributed by atoms with Crippen molar-refractivity contribution in [2.75, 3.05) is 0 Å². The van der Waals surface area contributed by atoms with E-state index in [-0.39, 0.29) is 22.3 Å². The van der Waals surface area contributed by atoms with E-state index in [4.69, 9.17) is 4.74 Å². The number of carbonyl (C=O) groups is 2. The van der Waals surface area contributed by atoms with E-state index in [1.54, 1.807) is 12.1 Å². The molecule has 0 aliphatic heterocycles. The molecule has 26 heavy (non-hydrogen) atoms. The van der Waals surface area contributed by atoms with Gasteiger partial charge in [0, 0.05) is 11.1 Å². The molecule has 8 heteroatoms. The summed E-state index contributed by atoms with van der Waals surface area (Å²) >= 11 is 0. The van der Waals surface area contributed by atoms with Crippen LogP contribution >= 0.6 is 0 Å². The van der Waals surface area contributed by atoms with Crippen molar-refractivity contribution < 1.29 is 22.7 Å². The Morgan fingerprint density at radius 2 is 1.46 bits per heavy atom. The number of benzene rings is 2. The largest absolute Gasteiger partial charge is 0.491 e. The van der Waals surface area contributed by atoms with E-state index in [1.807, 2.05) is 18.7 Å². The first kappa shape index (κ1) is 19.6. The van der Waals surface area contributed by atoms with Crippen LogP contribution in [0.25, 0.3) is 0 Å². The molecule has 0 heterocycles. The first-order chi connectivity index (χ1) is 12.2. The number of hydrazine groups is 1. The summed E-state index contributed by atoms with van der Waals surface area (Å²) in [6.45, 7) is 5.16. The number of sulfonamides is 1. The number of carbonyl (C=O) groups excluding carboxylic acids is 2. The highest BCUT2D eigenvalue weighted by molar-refractivity contribution is 7.89. The first-order valence-electron chi connectivity index (χ1n) is 7.89. The van der Waals surface area contributed by atoms with Gasteiger partial charge in [-0.15, -0.1) is 4.83 Å². The third-order valence-electron chi connectivity index (χ3n) is 3.36. The van der Waals surface area contributed by atoms with Crippen molar-refractivity contribution in [2.45, 2.75) is 31.8 Å². The number of hydrogen-bond acceptors (Lipinski definition) is 5. The summed E-state index contributed by atoms with van der Waals surface area (Å²) in [6.07, 6.45) is 0.0101. The average Bonchev–Trinajstić information content (AvgIpc) is 2.60. The van der Waals surface area contributed by atoms with Crippen molar-refractivity contribution in [2.24, 2.45) is 0 Å². The van der Waals surface area contributed by atoms with Crippen LogP contribution in [0.4, 0.5) is 0 Å². The van der Waals surface area contributed by atoms with Gasteiger partial charge in [0.15, 0.2) is 5.78 Å². The molecule has 0 aliphatic carbocycles. The zero-order valence-corrected chi connectivity index (χ0v) is 15.5. The van der Waals surface area contributed by atoms with Crippen molar-refractivity contribution in [3.8, 4) is 5.75 Å². The van der Waals surface area contributed by atoms with Crippen LogP contribution in [-0.4, -0.2) is 26.2 Å². The molecule has 1 amide bonds. The van der Waals surface area contributed by atoms with Gasteiger partial charge in [0.1, 0.15) is 5.75 Å². The zero-order valence-electron chi connectivity index (χ0n) is 14.6. The van der Waals surface area contributed by atoms with Crippen molar-refractivity contribution in [3.63, 3.8) is 0 Å². The number of ether oxygens (including phenoxy) is 1. The first-order valence-corrected chi connectivity index (χ1v) is 9.37. The fourth-order valence-corrected chi connectivity index (χ4v) is 2.91. The molecule has 0 aliphatic rings. The fraction of sp³-hybridized carbons (Fsp3) is 0.222. The maximum absolute atomic E-state index is 12.2. The number of amides is 1. The van der Waals surface area contributed by atoms with Crippen LogP contribution in [0, 0.1) is 0 Å². The van der Waals surface area contributed by atoms with E-state index in [2.05, 4.69) is 5.43 Å². The number of Topliss-reactive ketones (excluding diaryl/α,β-unsaturated/α-hetero) is 1. The minimum atomic E-state index is -3.95. The summed E-state index contributed by atoms with van der Waals surface area (Å²) in [6, 6.07) is 11.7. The Labute approximate surface area is 152 Å². The lowest BCUT2D eigenvalue weighted by molar-refractivity contribution is 0.0944. The molecule has 0 unspecified atom stereocenters. The molecule has 0 bridgehead atoms. The predicted molar refractivity (Wildman–Crippen MR) is 96.4 cm³/mol. The highest BCUT2D eigenvalue weighted by atomic mass is 32.2. The fourth-order valence-electron chi connectivity index (χ4n) is 2.07. The molecule has 0 saturated carbocycles. The summed E-state index contributed by atoms with van der Waals surface area (Å²) in [5, 5.41) is 0. The number of rotatable bonds is 7. The van der Waals surface area contributed by atoms with Crippen LogP contribution < -0.4 is 15.0 Å². The van der Waals surface area contributed by atoms with Crippen LogP contribution in [0.5, 0.6) is 5.75 Å². The van der Waals surface area contributed by atoms with Crippen molar-refractivity contribution in [3.05, 3.63) is 59.7 Å². The van der Waals surface area contributed by atoms with Gasteiger partial charge in [0.2, 0.25) is 0 Å². The van der Waals surface area contributed by atoms with E-state index in [0.29, 0.717) is 11.3 Å². The van der Waals surface area contributed by atoms with Crippen LogP contribution in [-0.2, 0) is 10.0 Å². The zero-order chi connectivity index (χ0) is 19.3. The van der Waals surface area contributed by atoms with Gasteiger partial charge in [-0.3, -0.25) is 15.0 Å². The summed E-state index contributed by atoms with van der Waals surface area (Å²) in [4.78, 5) is 25.3. The molecule has 0 atom stereocenters. The Morgan fingerprint density at radius 3 is 1.96 bits per heavy atom. The second-order valence-corrected chi connectivity index (χ2v) is 7.51. The molecule has 0 spiro atoms. The maximum Gasteiger partial charge on any atom is 0.266 e. The SMILES string of the molecule is CC(=O)c1ccc(S(=O)(=O)NNC(=O)c2ccc(OC(C)C)cc2)cc1. The van der Waals surface area contributed by atoms with Gasteiger partial charge in [-0.05, 0) is 57.2 Å². The summed E-state index contributed by atoms with van der Waals surface area (Å²) in [7, 11) is -3.95. The molecular weight excluding hydrogens is 356 g/mol. The van der Waals surface area contributed by atoms with Gasteiger partial charge in [0.05, 0.1) is 11.0 Å². The van der Waals surface area contributed by atoms with Crippen LogP contribution in [0.15, 0.2) is 53.4 Å². The number of hydrogen-bond donors (Lipinski definition) is 2. The lowest BCUT2D eigenvalue weighted by atomic mass is 10.2. The topological polar surface area (TPSA) is 102 Å². The third kappa shape index (κ3) is 5.14. The molecule has 138 valence electrons. The van der Waals surface area contributed by atoms with E-state index < -0.39 is 15.9 Å². The molecule has 0 fully saturated rings. The highest BCUT2D eigenvalue weighted by Gasteiger charge is 2.16. The van der Waals surface area contributed by atoms with Gasteiger partial charge >= 0.3 is 0 Å². The molecule has 2 N–H and O–H groups in total. The van der Waals surface area contributed by atoms with E-state index >= 15 is 0 Å². The monoisotopic (exact) mass is 376 g/mol. The summed E-state index contributed by atoms with van der Waals surface area (Å²) < 4.78 is 29.9. The van der Waals surface area contributed by atoms with Crippen LogP contribution in [0.2, 0.25) is 0 Å². The number of nitrogens with one attached hydrogen (secondary N) is 2. The Balaban J connectivity index is 2.02. The van der Waals surface area contributed by atoms with Gasteiger partial charge in [0.25, 0.3) is 15.9 Å². The normalized spacial score (nSPS) is 11.2. The van der Waals surface area contributed by atoms with E-state index in [0.717, 1.165) is 0 Å². The maximum atomic E-state index is 12.2. The van der Waals surface area contributed by atoms with Crippen molar-refractivity contribution in [1.82, 2.24) is 10.3 Å². The quantitative estimate of drug-likeness (QED) is 0.570. The van der Waals surface area contributed by atoms with Gasteiger partial charge in [-0.1, -0.05) is 12.1 Å². The lowest BCUT2D eigenvalue weighted by Gasteiger charge is -2.11. The van der Waals surface area contributed by atoms with Crippen molar-refractivity contribution >= 4 is 21.7 Å². The number of ketones is 1. The minimum Gasteiger partial charge on any atom is -0.491 e. The minimum absolute atomic E-state index is 0.0101. The molecule has 2 aromatic rings. The van der Waals surface area contributed by atoms with Crippen molar-refractivity contribution in [1.29, 1.82) is 0 Å². The predicted octanol–water partition coefficient (Wildman–Crippen LogP) is 2.30. The molecular formula is C18H20N2O5S. The lowest BCUT2D eigenvalue weighted by Crippen LogP contribution is -2.41. The van der Waals surface area contributed by atoms with Gasteiger partial charge in [-0.2, -0.15) is 0 Å². The Kier molecular flexibility index (Phi) is 6.12. The summed E-state index contributed by atoms with van der Waals surface area (Å²) in [5.41, 5.74) is 2.82. The highest BCUT2D eigenvalue weighted by Crippen LogP contribution is 2.14. The Morgan fingerprint density at radius 1 is 0.923 bits per heavy atom. The molecule has 7 nitrogen and oxygen atoms in total. The molecule has 0 radical (unpaired) electrons. The van der Waals surface area contributed by atoms with Gasteiger partial charge < -0.3 is 4.74 Å². The molecule has 2 rings (SSSR count). The van der Waals surface area contributed by atoms with Crippen LogP contribution in [0.3, 0.4) is 0 Å². The molecule has 0 saturated heterocycles. The second-order valence-electron chi connectivity index (χ2n) is 5.83. The average molecular weight is 376 g/mol. The Hall–Kier alpha value is -2.71. The molecule has 2 aromatic carbocycles. The smallest absolute Gasteiger partial charge is 0.266 e. The molecule has 0 aromatic heterocycles. The second kappa shape index (κ2) is 8.11. The van der Waals surface area contributed by atoms with Gasteiger partial charge in [-0.25, -0.2) is 8.42 Å². The van der Waals surface area contributed by atoms with Crippen LogP contribution in [0.1, 0.15) is 41.5 Å². The van der Waals surface area contributed by atoms with E-state index in [9.17, 15) is 18.0 Å².